The summed E-state index contributed by atoms with van der Waals surface area (Å²) >= 11 is 0. The van der Waals surface area contributed by atoms with E-state index in [9.17, 15) is 0 Å². The SMILES string of the molecule is CPC(C)CC1CCC(C(C)C)C1. The molecule has 0 aromatic rings. The Kier molecular flexibility index (Phi) is 4.73. The van der Waals surface area contributed by atoms with Crippen molar-refractivity contribution in [3.05, 3.63) is 0 Å². The number of hydrogen-bond acceptors (Lipinski definition) is 0. The highest BCUT2D eigenvalue weighted by Gasteiger charge is 2.27. The predicted molar refractivity (Wildman–Crippen MR) is 64.0 cm³/mol. The molecule has 0 bridgehead atoms. The second-order valence-corrected chi connectivity index (χ2v) is 6.67. The summed E-state index contributed by atoms with van der Waals surface area (Å²) in [6, 6.07) is 0. The maximum Gasteiger partial charge on any atom is -0.0265 e. The van der Waals surface area contributed by atoms with Gasteiger partial charge >= 0.3 is 0 Å². The minimum atomic E-state index is 0.921. The van der Waals surface area contributed by atoms with Crippen LogP contribution < -0.4 is 0 Å². The third kappa shape index (κ3) is 3.58. The monoisotopic (exact) mass is 200 g/mol. The van der Waals surface area contributed by atoms with E-state index in [2.05, 4.69) is 27.4 Å². The van der Waals surface area contributed by atoms with Gasteiger partial charge in [-0.25, -0.2) is 0 Å². The van der Waals surface area contributed by atoms with Gasteiger partial charge in [0.1, 0.15) is 0 Å². The molecule has 4 unspecified atom stereocenters. The Morgan fingerprint density at radius 2 is 1.92 bits per heavy atom. The summed E-state index contributed by atoms with van der Waals surface area (Å²) < 4.78 is 0. The molecule has 78 valence electrons. The van der Waals surface area contributed by atoms with E-state index in [1.165, 1.54) is 25.7 Å². The quantitative estimate of drug-likeness (QED) is 0.598. The molecule has 0 saturated heterocycles. The second kappa shape index (κ2) is 5.35. The fourth-order valence-corrected chi connectivity index (χ4v) is 3.12. The lowest BCUT2D eigenvalue weighted by Crippen LogP contribution is -2.06. The standard InChI is InChI=1S/C12H25P/c1-9(2)12-6-5-11(8-12)7-10(3)13-4/h9-13H,5-8H2,1-4H3. The van der Waals surface area contributed by atoms with Crippen molar-refractivity contribution in [2.45, 2.75) is 52.1 Å². The molecule has 0 N–H and O–H groups in total. The lowest BCUT2D eigenvalue weighted by molar-refractivity contribution is 0.372. The molecule has 0 heterocycles. The van der Waals surface area contributed by atoms with Gasteiger partial charge in [-0.15, -0.1) is 8.58 Å². The maximum absolute atomic E-state index is 2.42. The highest BCUT2D eigenvalue weighted by atomic mass is 31.1. The minimum Gasteiger partial charge on any atom is -0.122 e. The molecule has 1 saturated carbocycles. The average molecular weight is 200 g/mol. The van der Waals surface area contributed by atoms with E-state index in [1.807, 2.05) is 0 Å². The summed E-state index contributed by atoms with van der Waals surface area (Å²) in [7, 11) is 1.14. The van der Waals surface area contributed by atoms with Gasteiger partial charge < -0.3 is 0 Å². The van der Waals surface area contributed by atoms with Crippen molar-refractivity contribution in [1.29, 1.82) is 0 Å². The van der Waals surface area contributed by atoms with Crippen molar-refractivity contribution in [2.24, 2.45) is 17.8 Å². The van der Waals surface area contributed by atoms with Gasteiger partial charge in [0.2, 0.25) is 0 Å². The van der Waals surface area contributed by atoms with E-state index < -0.39 is 0 Å². The molecule has 0 aromatic heterocycles. The van der Waals surface area contributed by atoms with Gasteiger partial charge in [-0.05, 0) is 49.3 Å². The molecule has 0 aromatic carbocycles. The first kappa shape index (κ1) is 11.5. The number of rotatable bonds is 4. The van der Waals surface area contributed by atoms with Crippen LogP contribution in [0.15, 0.2) is 0 Å². The van der Waals surface area contributed by atoms with Crippen LogP contribution in [0.5, 0.6) is 0 Å². The summed E-state index contributed by atoms with van der Waals surface area (Å²) in [6.07, 6.45) is 6.03. The third-order valence-electron chi connectivity index (χ3n) is 3.70. The molecule has 0 radical (unpaired) electrons. The summed E-state index contributed by atoms with van der Waals surface area (Å²) in [6.45, 7) is 9.54. The Labute approximate surface area is 85.7 Å². The van der Waals surface area contributed by atoms with Crippen LogP contribution in [0.3, 0.4) is 0 Å². The largest absolute Gasteiger partial charge is 0.122 e. The first-order valence-corrected chi connectivity index (χ1v) is 7.38. The molecular weight excluding hydrogens is 175 g/mol. The maximum atomic E-state index is 2.42. The van der Waals surface area contributed by atoms with Crippen LogP contribution in [-0.2, 0) is 0 Å². The Morgan fingerprint density at radius 1 is 1.23 bits per heavy atom. The minimum absolute atomic E-state index is 0.921. The van der Waals surface area contributed by atoms with Crippen molar-refractivity contribution in [1.82, 2.24) is 0 Å². The average Bonchev–Trinajstić information content (AvgIpc) is 2.52. The van der Waals surface area contributed by atoms with Gasteiger partial charge in [0, 0.05) is 0 Å². The Bertz CT molecular complexity index is 142. The van der Waals surface area contributed by atoms with Crippen LogP contribution in [0.2, 0.25) is 0 Å². The molecule has 0 nitrogen and oxygen atoms in total. The van der Waals surface area contributed by atoms with Crippen LogP contribution in [0.4, 0.5) is 0 Å². The first-order chi connectivity index (χ1) is 6.13. The second-order valence-electron chi connectivity index (χ2n) is 5.11. The Morgan fingerprint density at radius 3 is 2.38 bits per heavy atom. The van der Waals surface area contributed by atoms with Gasteiger partial charge in [-0.2, -0.15) is 0 Å². The van der Waals surface area contributed by atoms with E-state index in [1.54, 1.807) is 0 Å². The van der Waals surface area contributed by atoms with Gasteiger partial charge in [0.25, 0.3) is 0 Å². The van der Waals surface area contributed by atoms with Crippen LogP contribution in [0, 0.1) is 17.8 Å². The molecule has 0 spiro atoms. The van der Waals surface area contributed by atoms with Crippen LogP contribution in [0.1, 0.15) is 46.5 Å². The zero-order chi connectivity index (χ0) is 9.84. The van der Waals surface area contributed by atoms with E-state index in [0.29, 0.717) is 0 Å². The molecule has 1 rings (SSSR count). The van der Waals surface area contributed by atoms with E-state index in [-0.39, 0.29) is 0 Å². The third-order valence-corrected chi connectivity index (χ3v) is 4.93. The highest BCUT2D eigenvalue weighted by Crippen LogP contribution is 2.39. The first-order valence-electron chi connectivity index (χ1n) is 5.80. The zero-order valence-electron chi connectivity index (χ0n) is 9.64. The van der Waals surface area contributed by atoms with Crippen LogP contribution >= 0.6 is 8.58 Å². The summed E-state index contributed by atoms with van der Waals surface area (Å²) in [5.41, 5.74) is 0.982. The van der Waals surface area contributed by atoms with Gasteiger partial charge in [0.15, 0.2) is 0 Å². The molecule has 1 aliphatic carbocycles. The van der Waals surface area contributed by atoms with Gasteiger partial charge in [-0.3, -0.25) is 0 Å². The lowest BCUT2D eigenvalue weighted by Gasteiger charge is -2.17. The molecule has 0 amide bonds. The van der Waals surface area contributed by atoms with Crippen molar-refractivity contribution >= 4 is 8.58 Å². The molecule has 1 heteroatoms. The Hall–Kier alpha value is 0.430. The normalized spacial score (nSPS) is 32.1. The van der Waals surface area contributed by atoms with Crippen LogP contribution in [0.25, 0.3) is 0 Å². The molecule has 0 aliphatic heterocycles. The molecule has 1 aliphatic rings. The fourth-order valence-electron chi connectivity index (χ4n) is 2.55. The lowest BCUT2D eigenvalue weighted by atomic mass is 9.92. The predicted octanol–water partition coefficient (Wildman–Crippen LogP) is 4.15. The van der Waals surface area contributed by atoms with Crippen molar-refractivity contribution in [3.63, 3.8) is 0 Å². The van der Waals surface area contributed by atoms with Crippen molar-refractivity contribution < 1.29 is 0 Å². The molecule has 4 atom stereocenters. The van der Waals surface area contributed by atoms with Crippen molar-refractivity contribution in [2.75, 3.05) is 6.66 Å². The van der Waals surface area contributed by atoms with E-state index in [4.69, 9.17) is 0 Å². The van der Waals surface area contributed by atoms with Gasteiger partial charge in [-0.1, -0.05) is 27.2 Å². The highest BCUT2D eigenvalue weighted by molar-refractivity contribution is 7.37. The summed E-state index contributed by atoms with van der Waals surface area (Å²) in [5, 5.41) is 0. The van der Waals surface area contributed by atoms with Crippen LogP contribution in [-0.4, -0.2) is 12.3 Å². The summed E-state index contributed by atoms with van der Waals surface area (Å²) in [4.78, 5) is 0. The van der Waals surface area contributed by atoms with E-state index >= 15 is 0 Å². The molecule has 1 fully saturated rings. The fraction of sp³-hybridized carbons (Fsp3) is 1.00. The number of hydrogen-bond donors (Lipinski definition) is 0. The zero-order valence-corrected chi connectivity index (χ0v) is 10.6. The summed E-state index contributed by atoms with van der Waals surface area (Å²) in [5.74, 6) is 3.02. The Balaban J connectivity index is 2.25. The van der Waals surface area contributed by atoms with Crippen molar-refractivity contribution in [3.8, 4) is 0 Å². The molecule has 13 heavy (non-hydrogen) atoms. The van der Waals surface area contributed by atoms with Gasteiger partial charge in [0.05, 0.1) is 0 Å². The molecular formula is C12H25P. The smallest absolute Gasteiger partial charge is 0.0265 e. The topological polar surface area (TPSA) is 0 Å². The van der Waals surface area contributed by atoms with E-state index in [0.717, 1.165) is 32.0 Å².